The van der Waals surface area contributed by atoms with Gasteiger partial charge in [0.05, 0.1) is 0 Å². The van der Waals surface area contributed by atoms with Gasteiger partial charge in [-0.1, -0.05) is 13.8 Å². The van der Waals surface area contributed by atoms with Crippen LogP contribution in [0.3, 0.4) is 0 Å². The van der Waals surface area contributed by atoms with Crippen molar-refractivity contribution < 1.29 is 0 Å². The van der Waals surface area contributed by atoms with E-state index in [1.807, 2.05) is 6.07 Å². The summed E-state index contributed by atoms with van der Waals surface area (Å²) in [5.41, 5.74) is 1.49. The molecule has 4 heteroatoms. The maximum atomic E-state index is 4.27. The first-order chi connectivity index (χ1) is 8.22. The first-order valence-corrected chi connectivity index (χ1v) is 6.47. The summed E-state index contributed by atoms with van der Waals surface area (Å²) < 4.78 is 0. The zero-order chi connectivity index (χ0) is 12.1. The van der Waals surface area contributed by atoms with E-state index in [2.05, 4.69) is 34.4 Å². The van der Waals surface area contributed by atoms with Gasteiger partial charge in [0.2, 0.25) is 0 Å². The lowest BCUT2D eigenvalue weighted by Crippen LogP contribution is -2.39. The maximum Gasteiger partial charge on any atom is 0.129 e. The van der Waals surface area contributed by atoms with Crippen LogP contribution in [0.1, 0.15) is 32.4 Å². The number of hydrogen-bond donors (Lipinski definition) is 2. The van der Waals surface area contributed by atoms with Gasteiger partial charge in [-0.25, -0.2) is 9.97 Å². The fourth-order valence-corrected chi connectivity index (χ4v) is 2.20. The predicted octanol–water partition coefficient (Wildman–Crippen LogP) is 1.84. The third-order valence-corrected chi connectivity index (χ3v) is 3.59. The molecular formula is C13H22N4. The van der Waals surface area contributed by atoms with E-state index in [9.17, 15) is 0 Å². The van der Waals surface area contributed by atoms with Crippen molar-refractivity contribution in [2.45, 2.75) is 33.1 Å². The Morgan fingerprint density at radius 2 is 2.12 bits per heavy atom. The van der Waals surface area contributed by atoms with Crippen molar-refractivity contribution in [3.63, 3.8) is 0 Å². The minimum Gasteiger partial charge on any atom is -0.369 e. The van der Waals surface area contributed by atoms with Crippen molar-refractivity contribution in [2.24, 2.45) is 5.41 Å². The monoisotopic (exact) mass is 234 g/mol. The van der Waals surface area contributed by atoms with Crippen LogP contribution in [0.2, 0.25) is 0 Å². The van der Waals surface area contributed by atoms with Crippen LogP contribution < -0.4 is 10.6 Å². The van der Waals surface area contributed by atoms with E-state index >= 15 is 0 Å². The number of anilines is 1. The molecule has 1 aliphatic rings. The molecule has 1 aromatic rings. The SMILES string of the molecule is CCc1cc(NCC2(C)CCNCC2)ncn1. The van der Waals surface area contributed by atoms with Gasteiger partial charge in [0.1, 0.15) is 12.1 Å². The summed E-state index contributed by atoms with van der Waals surface area (Å²) in [7, 11) is 0. The number of rotatable bonds is 4. The summed E-state index contributed by atoms with van der Waals surface area (Å²) in [4.78, 5) is 8.47. The third-order valence-electron chi connectivity index (χ3n) is 3.59. The Morgan fingerprint density at radius 3 is 2.82 bits per heavy atom. The van der Waals surface area contributed by atoms with Gasteiger partial charge in [-0.15, -0.1) is 0 Å². The standard InChI is InChI=1S/C13H22N4/c1-3-11-8-12(17-10-16-11)15-9-13(2)4-6-14-7-5-13/h8,10,14H,3-7,9H2,1-2H3,(H,15,16,17). The number of hydrogen-bond acceptors (Lipinski definition) is 4. The van der Waals surface area contributed by atoms with Crippen molar-refractivity contribution in [3.8, 4) is 0 Å². The molecule has 0 bridgehead atoms. The number of nitrogens with zero attached hydrogens (tertiary/aromatic N) is 2. The summed E-state index contributed by atoms with van der Waals surface area (Å²) in [6.07, 6.45) is 5.06. The molecule has 0 atom stereocenters. The molecule has 1 aliphatic heterocycles. The van der Waals surface area contributed by atoms with Crippen LogP contribution in [-0.2, 0) is 6.42 Å². The fourth-order valence-electron chi connectivity index (χ4n) is 2.20. The molecule has 1 aromatic heterocycles. The second kappa shape index (κ2) is 5.45. The van der Waals surface area contributed by atoms with Crippen molar-refractivity contribution in [3.05, 3.63) is 18.1 Å². The van der Waals surface area contributed by atoms with E-state index in [-0.39, 0.29) is 0 Å². The van der Waals surface area contributed by atoms with Crippen LogP contribution >= 0.6 is 0 Å². The second-order valence-electron chi connectivity index (χ2n) is 5.16. The highest BCUT2D eigenvalue weighted by Gasteiger charge is 2.26. The molecule has 0 spiro atoms. The molecule has 17 heavy (non-hydrogen) atoms. The number of nitrogens with one attached hydrogen (secondary N) is 2. The Labute approximate surface area is 103 Å². The van der Waals surface area contributed by atoms with Crippen molar-refractivity contribution in [2.75, 3.05) is 25.0 Å². The van der Waals surface area contributed by atoms with Gasteiger partial charge in [-0.3, -0.25) is 0 Å². The smallest absolute Gasteiger partial charge is 0.129 e. The first-order valence-electron chi connectivity index (χ1n) is 6.47. The highest BCUT2D eigenvalue weighted by molar-refractivity contribution is 5.35. The Balaban J connectivity index is 1.92. The van der Waals surface area contributed by atoms with E-state index in [0.29, 0.717) is 5.41 Å². The molecule has 1 fully saturated rings. The number of piperidine rings is 1. The molecule has 0 aromatic carbocycles. The molecule has 94 valence electrons. The van der Waals surface area contributed by atoms with Crippen LogP contribution in [-0.4, -0.2) is 29.6 Å². The summed E-state index contributed by atoms with van der Waals surface area (Å²) >= 11 is 0. The van der Waals surface area contributed by atoms with Gasteiger partial charge < -0.3 is 10.6 Å². The molecule has 0 amide bonds. The third kappa shape index (κ3) is 3.40. The maximum absolute atomic E-state index is 4.27. The molecule has 4 nitrogen and oxygen atoms in total. The van der Waals surface area contributed by atoms with Crippen LogP contribution in [0, 0.1) is 5.41 Å². The van der Waals surface area contributed by atoms with E-state index in [0.717, 1.165) is 37.6 Å². The summed E-state index contributed by atoms with van der Waals surface area (Å²) in [6.45, 7) is 7.71. The first kappa shape index (κ1) is 12.3. The Kier molecular flexibility index (Phi) is 3.94. The minimum absolute atomic E-state index is 0.391. The van der Waals surface area contributed by atoms with E-state index in [1.165, 1.54) is 12.8 Å². The lowest BCUT2D eigenvalue weighted by molar-refractivity contribution is 0.247. The largest absolute Gasteiger partial charge is 0.369 e. The minimum atomic E-state index is 0.391. The van der Waals surface area contributed by atoms with Crippen molar-refractivity contribution >= 4 is 5.82 Å². The molecule has 0 saturated carbocycles. The molecular weight excluding hydrogens is 212 g/mol. The topological polar surface area (TPSA) is 49.8 Å². The van der Waals surface area contributed by atoms with E-state index in [1.54, 1.807) is 6.33 Å². The zero-order valence-electron chi connectivity index (χ0n) is 10.8. The van der Waals surface area contributed by atoms with Crippen LogP contribution in [0.4, 0.5) is 5.82 Å². The van der Waals surface area contributed by atoms with Gasteiger partial charge in [0.15, 0.2) is 0 Å². The average Bonchev–Trinajstić information content (AvgIpc) is 2.38. The Hall–Kier alpha value is -1.16. The Morgan fingerprint density at radius 1 is 1.35 bits per heavy atom. The lowest BCUT2D eigenvalue weighted by Gasteiger charge is -2.34. The Bertz CT molecular complexity index is 358. The average molecular weight is 234 g/mol. The second-order valence-corrected chi connectivity index (χ2v) is 5.16. The van der Waals surface area contributed by atoms with Gasteiger partial charge in [0.25, 0.3) is 0 Å². The molecule has 2 rings (SSSR count). The zero-order valence-corrected chi connectivity index (χ0v) is 10.8. The summed E-state index contributed by atoms with van der Waals surface area (Å²) in [5, 5.41) is 6.85. The molecule has 0 unspecified atom stereocenters. The van der Waals surface area contributed by atoms with E-state index < -0.39 is 0 Å². The number of aryl methyl sites for hydroxylation is 1. The predicted molar refractivity (Wildman–Crippen MR) is 70.1 cm³/mol. The number of aromatic nitrogens is 2. The van der Waals surface area contributed by atoms with Gasteiger partial charge in [-0.05, 0) is 37.8 Å². The van der Waals surface area contributed by atoms with Crippen molar-refractivity contribution in [1.82, 2.24) is 15.3 Å². The molecule has 2 N–H and O–H groups in total. The van der Waals surface area contributed by atoms with Crippen LogP contribution in [0.15, 0.2) is 12.4 Å². The lowest BCUT2D eigenvalue weighted by atomic mass is 9.81. The van der Waals surface area contributed by atoms with Gasteiger partial charge >= 0.3 is 0 Å². The summed E-state index contributed by atoms with van der Waals surface area (Å²) in [6, 6.07) is 2.05. The molecule has 0 aliphatic carbocycles. The normalized spacial score (nSPS) is 18.9. The fraction of sp³-hybridized carbons (Fsp3) is 0.692. The molecule has 0 radical (unpaired) electrons. The van der Waals surface area contributed by atoms with Crippen LogP contribution in [0.5, 0.6) is 0 Å². The molecule has 2 heterocycles. The van der Waals surface area contributed by atoms with Gasteiger partial charge in [0, 0.05) is 18.3 Å². The molecule has 1 saturated heterocycles. The quantitative estimate of drug-likeness (QED) is 0.834. The van der Waals surface area contributed by atoms with Crippen LogP contribution in [0.25, 0.3) is 0 Å². The highest BCUT2D eigenvalue weighted by Crippen LogP contribution is 2.27. The summed E-state index contributed by atoms with van der Waals surface area (Å²) in [5.74, 6) is 0.955. The van der Waals surface area contributed by atoms with E-state index in [4.69, 9.17) is 0 Å². The highest BCUT2D eigenvalue weighted by atomic mass is 15.0. The van der Waals surface area contributed by atoms with Crippen molar-refractivity contribution in [1.29, 1.82) is 0 Å². The van der Waals surface area contributed by atoms with Gasteiger partial charge in [-0.2, -0.15) is 0 Å².